The molecule has 0 saturated heterocycles. The van der Waals surface area contributed by atoms with Gasteiger partial charge in [0.25, 0.3) is 0 Å². The van der Waals surface area contributed by atoms with E-state index in [0.29, 0.717) is 18.6 Å². The average Bonchev–Trinajstić information content (AvgIpc) is 2.13. The monoisotopic (exact) mass is 172 g/mol. The minimum absolute atomic E-state index is 0.339. The van der Waals surface area contributed by atoms with E-state index in [9.17, 15) is 4.79 Å². The Morgan fingerprint density at radius 2 is 1.92 bits per heavy atom. The molecule has 1 heteroatoms. The van der Waals surface area contributed by atoms with E-state index in [1.165, 1.54) is 11.1 Å². The van der Waals surface area contributed by atoms with Crippen molar-refractivity contribution in [2.45, 2.75) is 19.3 Å². The fraction of sp³-hybridized carbons (Fsp3) is 0.250. The molecular formula is C12H12O. The third kappa shape index (κ3) is 1.86. The van der Waals surface area contributed by atoms with Crippen LogP contribution in [0.1, 0.15) is 24.0 Å². The van der Waals surface area contributed by atoms with Crippen LogP contribution in [0.5, 0.6) is 0 Å². The zero-order chi connectivity index (χ0) is 9.10. The lowest BCUT2D eigenvalue weighted by atomic mass is 9.97. The molecule has 0 radical (unpaired) electrons. The highest BCUT2D eigenvalue weighted by molar-refractivity contribution is 5.82. The van der Waals surface area contributed by atoms with Crippen LogP contribution in [0.15, 0.2) is 30.3 Å². The summed E-state index contributed by atoms with van der Waals surface area (Å²) in [5.74, 6) is 0.339. The van der Waals surface area contributed by atoms with Crippen molar-refractivity contribution >= 4 is 11.9 Å². The van der Waals surface area contributed by atoms with Crippen LogP contribution in [0, 0.1) is 0 Å². The zero-order valence-corrected chi connectivity index (χ0v) is 7.49. The summed E-state index contributed by atoms with van der Waals surface area (Å²) in [6.07, 6.45) is 6.17. The molecule has 1 aliphatic rings. The van der Waals surface area contributed by atoms with Crippen molar-refractivity contribution in [2.24, 2.45) is 0 Å². The Hall–Kier alpha value is -1.37. The molecule has 0 aliphatic heterocycles. The summed E-state index contributed by atoms with van der Waals surface area (Å²) in [6.45, 7) is 0. The zero-order valence-electron chi connectivity index (χ0n) is 7.49. The SMILES string of the molecule is O=C1CC=Cc2ccccc2CC1. The van der Waals surface area contributed by atoms with Gasteiger partial charge in [-0.15, -0.1) is 0 Å². The molecule has 1 aliphatic carbocycles. The summed E-state index contributed by atoms with van der Waals surface area (Å²) in [5.41, 5.74) is 2.54. The van der Waals surface area contributed by atoms with Crippen molar-refractivity contribution in [2.75, 3.05) is 0 Å². The molecule has 1 aromatic carbocycles. The topological polar surface area (TPSA) is 17.1 Å². The summed E-state index contributed by atoms with van der Waals surface area (Å²) in [7, 11) is 0. The lowest BCUT2D eigenvalue weighted by Gasteiger charge is -2.07. The molecule has 0 atom stereocenters. The number of benzene rings is 1. The summed E-state index contributed by atoms with van der Waals surface area (Å²) in [5, 5.41) is 0. The molecule has 0 N–H and O–H groups in total. The average molecular weight is 172 g/mol. The Kier molecular flexibility index (Phi) is 2.26. The van der Waals surface area contributed by atoms with Crippen LogP contribution in [0.25, 0.3) is 6.08 Å². The summed E-state index contributed by atoms with van der Waals surface area (Å²) in [6, 6.07) is 8.26. The molecule has 0 unspecified atom stereocenters. The maximum absolute atomic E-state index is 11.2. The molecule has 2 rings (SSSR count). The molecule has 0 aromatic heterocycles. The van der Waals surface area contributed by atoms with E-state index in [2.05, 4.69) is 12.1 Å². The standard InChI is InChI=1S/C12H12O/c13-12-7-3-6-10-4-1-2-5-11(10)8-9-12/h1-6H,7-9H2. The predicted octanol–water partition coefficient (Wildman–Crippen LogP) is 2.61. The predicted molar refractivity (Wildman–Crippen MR) is 53.4 cm³/mol. The first-order valence-corrected chi connectivity index (χ1v) is 4.62. The summed E-state index contributed by atoms with van der Waals surface area (Å²) >= 11 is 0. The van der Waals surface area contributed by atoms with Crippen LogP contribution in [0.3, 0.4) is 0 Å². The highest BCUT2D eigenvalue weighted by Gasteiger charge is 2.06. The third-order valence-electron chi connectivity index (χ3n) is 2.37. The van der Waals surface area contributed by atoms with Crippen molar-refractivity contribution in [3.63, 3.8) is 0 Å². The van der Waals surface area contributed by atoms with Gasteiger partial charge in [0.1, 0.15) is 5.78 Å². The number of rotatable bonds is 0. The molecule has 0 spiro atoms. The van der Waals surface area contributed by atoms with Gasteiger partial charge in [0, 0.05) is 12.8 Å². The molecule has 0 fully saturated rings. The van der Waals surface area contributed by atoms with E-state index in [1.807, 2.05) is 24.3 Å². The molecule has 1 nitrogen and oxygen atoms in total. The number of carbonyl (C=O) groups excluding carboxylic acids is 1. The van der Waals surface area contributed by atoms with Gasteiger partial charge in [-0.05, 0) is 17.5 Å². The molecule has 13 heavy (non-hydrogen) atoms. The second-order valence-electron chi connectivity index (χ2n) is 3.34. The number of allylic oxidation sites excluding steroid dienone is 1. The first-order valence-electron chi connectivity index (χ1n) is 4.62. The first-order chi connectivity index (χ1) is 6.36. The van der Waals surface area contributed by atoms with Crippen molar-refractivity contribution < 1.29 is 4.79 Å². The van der Waals surface area contributed by atoms with Crippen LogP contribution in [-0.2, 0) is 11.2 Å². The van der Waals surface area contributed by atoms with Gasteiger partial charge < -0.3 is 0 Å². The normalized spacial score (nSPS) is 16.2. The van der Waals surface area contributed by atoms with Crippen LogP contribution in [-0.4, -0.2) is 5.78 Å². The highest BCUT2D eigenvalue weighted by atomic mass is 16.1. The fourth-order valence-electron chi connectivity index (χ4n) is 1.62. The van der Waals surface area contributed by atoms with E-state index in [4.69, 9.17) is 0 Å². The lowest BCUT2D eigenvalue weighted by Crippen LogP contribution is -2.01. The second-order valence-corrected chi connectivity index (χ2v) is 3.34. The van der Waals surface area contributed by atoms with Gasteiger partial charge in [-0.3, -0.25) is 4.79 Å². The number of Topliss-reactive ketones (excluding diaryl/α,β-unsaturated/α-hetero) is 1. The van der Waals surface area contributed by atoms with Gasteiger partial charge in [0.2, 0.25) is 0 Å². The van der Waals surface area contributed by atoms with E-state index < -0.39 is 0 Å². The van der Waals surface area contributed by atoms with Gasteiger partial charge in [-0.1, -0.05) is 36.4 Å². The molecule has 1 aromatic rings. The minimum atomic E-state index is 0.339. The highest BCUT2D eigenvalue weighted by Crippen LogP contribution is 2.16. The Labute approximate surface area is 78.1 Å². The van der Waals surface area contributed by atoms with Crippen LogP contribution in [0.4, 0.5) is 0 Å². The first kappa shape index (κ1) is 8.24. The molecule has 0 bridgehead atoms. The minimum Gasteiger partial charge on any atom is -0.299 e. The molecule has 0 heterocycles. The molecule has 0 saturated carbocycles. The largest absolute Gasteiger partial charge is 0.299 e. The third-order valence-corrected chi connectivity index (χ3v) is 2.37. The van der Waals surface area contributed by atoms with Gasteiger partial charge in [0.05, 0.1) is 0 Å². The maximum Gasteiger partial charge on any atom is 0.136 e. The molecular weight excluding hydrogens is 160 g/mol. The number of fused-ring (bicyclic) bond motifs is 1. The quantitative estimate of drug-likeness (QED) is 0.588. The van der Waals surface area contributed by atoms with Crippen molar-refractivity contribution in [3.05, 3.63) is 41.5 Å². The lowest BCUT2D eigenvalue weighted by molar-refractivity contribution is -0.118. The van der Waals surface area contributed by atoms with E-state index in [1.54, 1.807) is 0 Å². The molecule has 66 valence electrons. The van der Waals surface area contributed by atoms with Gasteiger partial charge in [-0.25, -0.2) is 0 Å². The fourth-order valence-corrected chi connectivity index (χ4v) is 1.62. The van der Waals surface area contributed by atoms with Gasteiger partial charge >= 0.3 is 0 Å². The van der Waals surface area contributed by atoms with Crippen molar-refractivity contribution in [3.8, 4) is 0 Å². The Bertz CT molecular complexity index is 350. The van der Waals surface area contributed by atoms with E-state index in [0.717, 1.165) is 6.42 Å². The second kappa shape index (κ2) is 3.56. The smallest absolute Gasteiger partial charge is 0.136 e. The van der Waals surface area contributed by atoms with Crippen LogP contribution >= 0.6 is 0 Å². The number of hydrogen-bond acceptors (Lipinski definition) is 1. The van der Waals surface area contributed by atoms with Crippen molar-refractivity contribution in [1.82, 2.24) is 0 Å². The maximum atomic E-state index is 11.2. The number of aryl methyl sites for hydroxylation is 1. The number of ketones is 1. The number of hydrogen-bond donors (Lipinski definition) is 0. The van der Waals surface area contributed by atoms with E-state index in [-0.39, 0.29) is 0 Å². The Morgan fingerprint density at radius 1 is 1.08 bits per heavy atom. The Morgan fingerprint density at radius 3 is 2.85 bits per heavy atom. The van der Waals surface area contributed by atoms with Crippen molar-refractivity contribution in [1.29, 1.82) is 0 Å². The van der Waals surface area contributed by atoms with Gasteiger partial charge in [0.15, 0.2) is 0 Å². The van der Waals surface area contributed by atoms with Gasteiger partial charge in [-0.2, -0.15) is 0 Å². The summed E-state index contributed by atoms with van der Waals surface area (Å²) < 4.78 is 0. The van der Waals surface area contributed by atoms with Crippen LogP contribution < -0.4 is 0 Å². The number of carbonyl (C=O) groups is 1. The molecule has 0 amide bonds. The van der Waals surface area contributed by atoms with E-state index >= 15 is 0 Å². The summed E-state index contributed by atoms with van der Waals surface area (Å²) in [4.78, 5) is 11.2. The Balaban J connectivity index is 2.36. The van der Waals surface area contributed by atoms with Crippen LogP contribution in [0.2, 0.25) is 0 Å².